The van der Waals surface area contributed by atoms with E-state index in [1.54, 1.807) is 6.20 Å². The highest BCUT2D eigenvalue weighted by Gasteiger charge is 2.57. The van der Waals surface area contributed by atoms with E-state index in [1.165, 1.54) is 0 Å². The van der Waals surface area contributed by atoms with Crippen LogP contribution in [0.2, 0.25) is 0 Å². The maximum Gasteiger partial charge on any atom is 0.231 e. The first kappa shape index (κ1) is 18.2. The van der Waals surface area contributed by atoms with E-state index >= 15 is 0 Å². The first-order valence-corrected chi connectivity index (χ1v) is 9.86. The molecule has 0 aliphatic carbocycles. The number of carbonyl (C=O) groups is 1. The van der Waals surface area contributed by atoms with Gasteiger partial charge in [0.15, 0.2) is 0 Å². The van der Waals surface area contributed by atoms with Crippen molar-refractivity contribution < 1.29 is 4.79 Å². The Morgan fingerprint density at radius 1 is 1.37 bits per heavy atom. The van der Waals surface area contributed by atoms with Crippen LogP contribution in [0.3, 0.4) is 0 Å². The van der Waals surface area contributed by atoms with Gasteiger partial charge in [-0.1, -0.05) is 19.9 Å². The molecule has 4 heterocycles. The van der Waals surface area contributed by atoms with Crippen molar-refractivity contribution in [1.29, 1.82) is 0 Å². The van der Waals surface area contributed by atoms with Crippen LogP contribution < -0.4 is 0 Å². The summed E-state index contributed by atoms with van der Waals surface area (Å²) in [5, 5.41) is 0. The molecule has 0 N–H and O–H groups in total. The number of carbonyl (C=O) groups excluding carboxylic acids is 1. The largest absolute Gasteiger partial charge is 0.340 e. The lowest BCUT2D eigenvalue weighted by atomic mass is 9.75. The van der Waals surface area contributed by atoms with E-state index in [2.05, 4.69) is 34.9 Å². The Hall–Kier alpha value is -2.21. The zero-order valence-corrected chi connectivity index (χ0v) is 16.5. The second kappa shape index (κ2) is 7.08. The number of amides is 1. The molecule has 2 fully saturated rings. The molecular weight excluding hydrogens is 338 g/mol. The van der Waals surface area contributed by atoms with E-state index < -0.39 is 0 Å². The fourth-order valence-corrected chi connectivity index (χ4v) is 4.84. The van der Waals surface area contributed by atoms with Gasteiger partial charge in [0.2, 0.25) is 5.91 Å². The van der Waals surface area contributed by atoms with Crippen molar-refractivity contribution in [2.75, 3.05) is 26.2 Å². The van der Waals surface area contributed by atoms with Crippen molar-refractivity contribution in [3.05, 3.63) is 48.3 Å². The standard InChI is InChI=1S/C21H29N5O/c1-16(2)10-25-12-18(19-13-24(3)15-23-19)21(14-25)6-8-26(20(21)27)11-17-5-4-7-22-9-17/h4-5,7,9,13,15-16,18H,6,8,10-12,14H2,1-3H3/t18-,21-/m1/s1. The number of nitrogens with zero attached hydrogens (tertiary/aromatic N) is 5. The third-order valence-corrected chi connectivity index (χ3v) is 5.96. The number of pyridine rings is 1. The molecule has 144 valence electrons. The first-order chi connectivity index (χ1) is 13.0. The summed E-state index contributed by atoms with van der Waals surface area (Å²) in [7, 11) is 2.00. The summed E-state index contributed by atoms with van der Waals surface area (Å²) >= 11 is 0. The molecule has 0 aromatic carbocycles. The Bertz CT molecular complexity index is 802. The van der Waals surface area contributed by atoms with Crippen LogP contribution in [0.5, 0.6) is 0 Å². The Morgan fingerprint density at radius 3 is 2.89 bits per heavy atom. The van der Waals surface area contributed by atoms with Gasteiger partial charge >= 0.3 is 0 Å². The smallest absolute Gasteiger partial charge is 0.231 e. The number of hydrogen-bond donors (Lipinski definition) is 0. The highest BCUT2D eigenvalue weighted by molar-refractivity contribution is 5.86. The summed E-state index contributed by atoms with van der Waals surface area (Å²) in [6.07, 6.45) is 8.47. The molecule has 1 spiro atoms. The highest BCUT2D eigenvalue weighted by Crippen LogP contribution is 2.49. The van der Waals surface area contributed by atoms with Crippen LogP contribution in [0.25, 0.3) is 0 Å². The van der Waals surface area contributed by atoms with Gasteiger partial charge in [-0.2, -0.15) is 0 Å². The van der Waals surface area contributed by atoms with Crippen LogP contribution in [-0.2, 0) is 18.4 Å². The average Bonchev–Trinajstić information content (AvgIpc) is 3.30. The minimum absolute atomic E-state index is 0.170. The minimum Gasteiger partial charge on any atom is -0.340 e. The number of likely N-dealkylation sites (tertiary alicyclic amines) is 2. The predicted octanol–water partition coefficient (Wildman–Crippen LogP) is 2.29. The van der Waals surface area contributed by atoms with Crippen LogP contribution in [0, 0.1) is 11.3 Å². The molecule has 2 saturated heterocycles. The van der Waals surface area contributed by atoms with Crippen LogP contribution in [0.4, 0.5) is 0 Å². The van der Waals surface area contributed by atoms with Gasteiger partial charge in [-0.05, 0) is 24.0 Å². The molecule has 6 heteroatoms. The molecule has 0 unspecified atom stereocenters. The topological polar surface area (TPSA) is 54.3 Å². The van der Waals surface area contributed by atoms with E-state index in [0.29, 0.717) is 12.5 Å². The van der Waals surface area contributed by atoms with Gasteiger partial charge in [0.05, 0.1) is 17.4 Å². The Labute approximate surface area is 161 Å². The molecule has 0 radical (unpaired) electrons. The molecular formula is C21H29N5O. The Morgan fingerprint density at radius 2 is 2.22 bits per heavy atom. The van der Waals surface area contributed by atoms with E-state index in [0.717, 1.165) is 43.9 Å². The SMILES string of the molecule is CC(C)CN1C[C@H](c2cn(C)cn2)[C@@]2(CCN(Cc3cccnc3)C2=O)C1. The van der Waals surface area contributed by atoms with Crippen LogP contribution in [-0.4, -0.2) is 56.4 Å². The molecule has 0 bridgehead atoms. The van der Waals surface area contributed by atoms with Crippen molar-refractivity contribution >= 4 is 5.91 Å². The number of rotatable bonds is 5. The van der Waals surface area contributed by atoms with E-state index in [4.69, 9.17) is 0 Å². The molecule has 6 nitrogen and oxygen atoms in total. The maximum atomic E-state index is 13.6. The molecule has 2 aromatic rings. The summed E-state index contributed by atoms with van der Waals surface area (Å²) < 4.78 is 1.99. The number of aryl methyl sites for hydroxylation is 1. The second-order valence-electron chi connectivity index (χ2n) is 8.60. The van der Waals surface area contributed by atoms with Crippen molar-refractivity contribution in [2.45, 2.75) is 32.7 Å². The highest BCUT2D eigenvalue weighted by atomic mass is 16.2. The molecule has 4 rings (SSSR count). The minimum atomic E-state index is -0.342. The molecule has 2 aliphatic heterocycles. The normalized spacial score (nSPS) is 26.0. The zero-order chi connectivity index (χ0) is 19.0. The number of imidazole rings is 1. The quantitative estimate of drug-likeness (QED) is 0.814. The second-order valence-corrected chi connectivity index (χ2v) is 8.60. The van der Waals surface area contributed by atoms with Crippen molar-refractivity contribution in [2.24, 2.45) is 18.4 Å². The fourth-order valence-electron chi connectivity index (χ4n) is 4.84. The third-order valence-electron chi connectivity index (χ3n) is 5.96. The van der Waals surface area contributed by atoms with Gasteiger partial charge in [-0.25, -0.2) is 4.98 Å². The number of aromatic nitrogens is 3. The molecule has 2 atom stereocenters. The van der Waals surface area contributed by atoms with Gasteiger partial charge in [0.1, 0.15) is 0 Å². The first-order valence-electron chi connectivity index (χ1n) is 9.86. The number of hydrogen-bond acceptors (Lipinski definition) is 4. The van der Waals surface area contributed by atoms with Crippen LogP contribution in [0.1, 0.15) is 37.4 Å². The van der Waals surface area contributed by atoms with Crippen molar-refractivity contribution in [3.63, 3.8) is 0 Å². The van der Waals surface area contributed by atoms with Gasteiger partial charge < -0.3 is 14.4 Å². The summed E-state index contributed by atoms with van der Waals surface area (Å²) in [5.41, 5.74) is 1.81. The molecule has 2 aliphatic rings. The lowest BCUT2D eigenvalue weighted by molar-refractivity contribution is -0.136. The molecule has 2 aromatic heterocycles. The van der Waals surface area contributed by atoms with E-state index in [1.807, 2.05) is 41.2 Å². The van der Waals surface area contributed by atoms with Gasteiger partial charge in [-0.3, -0.25) is 9.78 Å². The summed E-state index contributed by atoms with van der Waals surface area (Å²) in [4.78, 5) is 26.9. The fraction of sp³-hybridized carbons (Fsp3) is 0.571. The predicted molar refractivity (Wildman–Crippen MR) is 104 cm³/mol. The van der Waals surface area contributed by atoms with E-state index in [9.17, 15) is 4.79 Å². The summed E-state index contributed by atoms with van der Waals surface area (Å²) in [6, 6.07) is 3.98. The molecule has 27 heavy (non-hydrogen) atoms. The third kappa shape index (κ3) is 3.38. The summed E-state index contributed by atoms with van der Waals surface area (Å²) in [6.45, 7) is 8.73. The average molecular weight is 367 g/mol. The Balaban J connectivity index is 1.60. The lowest BCUT2D eigenvalue weighted by Gasteiger charge is -2.28. The van der Waals surface area contributed by atoms with Crippen LogP contribution in [0.15, 0.2) is 37.1 Å². The molecule has 0 saturated carbocycles. The van der Waals surface area contributed by atoms with Gasteiger partial charge in [0, 0.05) is 64.3 Å². The maximum absolute atomic E-state index is 13.6. The van der Waals surface area contributed by atoms with Gasteiger partial charge in [0.25, 0.3) is 0 Å². The monoisotopic (exact) mass is 367 g/mol. The van der Waals surface area contributed by atoms with Crippen LogP contribution >= 0.6 is 0 Å². The lowest BCUT2D eigenvalue weighted by Crippen LogP contribution is -2.39. The van der Waals surface area contributed by atoms with Crippen molar-refractivity contribution in [1.82, 2.24) is 24.3 Å². The Kier molecular flexibility index (Phi) is 4.76. The van der Waals surface area contributed by atoms with Crippen molar-refractivity contribution in [3.8, 4) is 0 Å². The molecule has 1 amide bonds. The summed E-state index contributed by atoms with van der Waals surface area (Å²) in [5.74, 6) is 1.05. The van der Waals surface area contributed by atoms with Gasteiger partial charge in [-0.15, -0.1) is 0 Å². The van der Waals surface area contributed by atoms with E-state index in [-0.39, 0.29) is 17.2 Å². The zero-order valence-electron chi connectivity index (χ0n) is 16.5.